The first-order valence-electron chi connectivity index (χ1n) is 9.23. The molecule has 0 atom stereocenters. The van der Waals surface area contributed by atoms with Crippen molar-refractivity contribution in [2.24, 2.45) is 0 Å². The summed E-state index contributed by atoms with van der Waals surface area (Å²) in [4.78, 5) is 9.25. The lowest BCUT2D eigenvalue weighted by atomic mass is 9.77. The van der Waals surface area contributed by atoms with Gasteiger partial charge in [-0.1, -0.05) is 68.4 Å². The van der Waals surface area contributed by atoms with Gasteiger partial charge in [0.15, 0.2) is 0 Å². The van der Waals surface area contributed by atoms with E-state index in [2.05, 4.69) is 85.6 Å². The van der Waals surface area contributed by atoms with Gasteiger partial charge in [0, 0.05) is 36.1 Å². The number of pyridine rings is 2. The van der Waals surface area contributed by atoms with Crippen LogP contribution < -0.4 is 0 Å². The molecule has 0 saturated heterocycles. The second kappa shape index (κ2) is 6.55. The molecule has 0 radical (unpaired) electrons. The molecule has 2 aromatic rings. The highest BCUT2D eigenvalue weighted by molar-refractivity contribution is 5.39. The molecule has 0 aliphatic heterocycles. The number of nitrogens with zero attached hydrogens (tertiary/aromatic N) is 2. The van der Waals surface area contributed by atoms with Gasteiger partial charge in [-0.3, -0.25) is 9.97 Å². The Kier molecular flexibility index (Phi) is 5.14. The van der Waals surface area contributed by atoms with E-state index in [0.29, 0.717) is 0 Å². The van der Waals surface area contributed by atoms with Crippen LogP contribution in [0.2, 0.25) is 0 Å². The molecule has 0 aliphatic carbocycles. The minimum atomic E-state index is 0.0476. The summed E-state index contributed by atoms with van der Waals surface area (Å²) in [6, 6.07) is 4.50. The van der Waals surface area contributed by atoms with Gasteiger partial charge < -0.3 is 0 Å². The normalized spacial score (nSPS) is 13.2. The van der Waals surface area contributed by atoms with Crippen LogP contribution in [0.3, 0.4) is 0 Å². The first-order chi connectivity index (χ1) is 11.3. The van der Waals surface area contributed by atoms with Gasteiger partial charge in [-0.05, 0) is 39.2 Å². The van der Waals surface area contributed by atoms with Crippen LogP contribution in [0, 0.1) is 0 Å². The Balaban J connectivity index is 2.50. The predicted molar refractivity (Wildman–Crippen MR) is 107 cm³/mol. The molecule has 0 fully saturated rings. The van der Waals surface area contributed by atoms with Crippen molar-refractivity contribution in [3.05, 3.63) is 58.7 Å². The maximum atomic E-state index is 4.88. The minimum Gasteiger partial charge on any atom is -0.264 e. The van der Waals surface area contributed by atoms with Crippen molar-refractivity contribution in [3.8, 4) is 0 Å². The Hall–Kier alpha value is -1.70. The molecular weight excluding hydrogens is 304 g/mol. The predicted octanol–water partition coefficient (Wildman–Crippen LogP) is 5.96. The third-order valence-corrected chi connectivity index (χ3v) is 4.57. The molecule has 0 unspecified atom stereocenters. The lowest BCUT2D eigenvalue weighted by Gasteiger charge is -2.29. The van der Waals surface area contributed by atoms with Gasteiger partial charge in [0.05, 0.1) is 0 Å². The zero-order valence-corrected chi connectivity index (χ0v) is 17.5. The molecule has 0 saturated carbocycles. The molecule has 0 aromatic carbocycles. The standard InChI is InChI=1S/C23H34N2/c1-21(2,3)18-10-11-24-15-17(18)12-16-13-19(22(4,5)6)20(25-14-16)23(7,8)9/h10-11,13-15H,12H2,1-9H3. The van der Waals surface area contributed by atoms with Gasteiger partial charge in [0.25, 0.3) is 0 Å². The fourth-order valence-electron chi connectivity index (χ4n) is 3.29. The molecule has 2 heterocycles. The Bertz CT molecular complexity index is 738. The quantitative estimate of drug-likeness (QED) is 0.675. The lowest BCUT2D eigenvalue weighted by Crippen LogP contribution is -2.24. The zero-order chi connectivity index (χ0) is 19.0. The monoisotopic (exact) mass is 338 g/mol. The molecule has 25 heavy (non-hydrogen) atoms. The van der Waals surface area contributed by atoms with Crippen molar-refractivity contribution in [1.82, 2.24) is 9.97 Å². The molecule has 0 N–H and O–H groups in total. The number of hydrogen-bond acceptors (Lipinski definition) is 2. The van der Waals surface area contributed by atoms with E-state index in [0.717, 1.165) is 6.42 Å². The van der Waals surface area contributed by atoms with Crippen LogP contribution >= 0.6 is 0 Å². The van der Waals surface area contributed by atoms with Crippen molar-refractivity contribution in [1.29, 1.82) is 0 Å². The van der Waals surface area contributed by atoms with E-state index < -0.39 is 0 Å². The van der Waals surface area contributed by atoms with E-state index >= 15 is 0 Å². The maximum Gasteiger partial charge on any atom is 0.0494 e. The Morgan fingerprint density at radius 3 is 1.88 bits per heavy atom. The Morgan fingerprint density at radius 1 is 0.760 bits per heavy atom. The number of hydrogen-bond donors (Lipinski definition) is 0. The highest BCUT2D eigenvalue weighted by Gasteiger charge is 2.27. The lowest BCUT2D eigenvalue weighted by molar-refractivity contribution is 0.513. The molecule has 2 aromatic heterocycles. The minimum absolute atomic E-state index is 0.0476. The van der Waals surface area contributed by atoms with E-state index in [-0.39, 0.29) is 16.2 Å². The number of aromatic nitrogens is 2. The molecular formula is C23H34N2. The van der Waals surface area contributed by atoms with E-state index in [1.54, 1.807) is 0 Å². The molecule has 2 rings (SSSR count). The largest absolute Gasteiger partial charge is 0.264 e. The zero-order valence-electron chi connectivity index (χ0n) is 17.5. The van der Waals surface area contributed by atoms with Crippen LogP contribution in [-0.2, 0) is 22.7 Å². The molecule has 0 aliphatic rings. The molecule has 0 amide bonds. The average Bonchev–Trinajstić information content (AvgIpc) is 2.44. The van der Waals surface area contributed by atoms with Gasteiger partial charge >= 0.3 is 0 Å². The van der Waals surface area contributed by atoms with Gasteiger partial charge in [-0.25, -0.2) is 0 Å². The summed E-state index contributed by atoms with van der Waals surface area (Å²) in [5.74, 6) is 0. The van der Waals surface area contributed by atoms with Gasteiger partial charge in [-0.15, -0.1) is 0 Å². The third kappa shape index (κ3) is 4.68. The molecule has 0 spiro atoms. The summed E-state index contributed by atoms with van der Waals surface area (Å²) in [5.41, 5.74) is 6.70. The second-order valence-electron chi connectivity index (χ2n) is 10.2. The summed E-state index contributed by atoms with van der Waals surface area (Å²) in [6.07, 6.45) is 6.83. The molecule has 2 heteroatoms. The van der Waals surface area contributed by atoms with Crippen molar-refractivity contribution < 1.29 is 0 Å². The molecule has 0 bridgehead atoms. The van der Waals surface area contributed by atoms with Gasteiger partial charge in [0.2, 0.25) is 0 Å². The SMILES string of the molecule is CC(C)(C)c1ccncc1Cc1cnc(C(C)(C)C)c(C(C)(C)C)c1. The van der Waals surface area contributed by atoms with Crippen molar-refractivity contribution in [2.45, 2.75) is 85.0 Å². The second-order valence-corrected chi connectivity index (χ2v) is 10.2. The average molecular weight is 339 g/mol. The fourth-order valence-corrected chi connectivity index (χ4v) is 3.29. The maximum absolute atomic E-state index is 4.88. The highest BCUT2D eigenvalue weighted by atomic mass is 14.7. The van der Waals surface area contributed by atoms with E-state index in [9.17, 15) is 0 Å². The Morgan fingerprint density at radius 2 is 1.36 bits per heavy atom. The summed E-state index contributed by atoms with van der Waals surface area (Å²) in [5, 5.41) is 0. The summed E-state index contributed by atoms with van der Waals surface area (Å²) < 4.78 is 0. The fraction of sp³-hybridized carbons (Fsp3) is 0.565. The van der Waals surface area contributed by atoms with E-state index in [1.807, 2.05) is 12.4 Å². The van der Waals surface area contributed by atoms with Crippen LogP contribution in [0.4, 0.5) is 0 Å². The van der Waals surface area contributed by atoms with Crippen LogP contribution in [0.1, 0.15) is 90.3 Å². The molecule has 2 nitrogen and oxygen atoms in total. The van der Waals surface area contributed by atoms with Crippen molar-refractivity contribution >= 4 is 0 Å². The van der Waals surface area contributed by atoms with E-state index in [1.165, 1.54) is 27.9 Å². The van der Waals surface area contributed by atoms with Gasteiger partial charge in [-0.2, -0.15) is 0 Å². The van der Waals surface area contributed by atoms with Crippen molar-refractivity contribution in [3.63, 3.8) is 0 Å². The topological polar surface area (TPSA) is 25.8 Å². The summed E-state index contributed by atoms with van der Waals surface area (Å²) >= 11 is 0. The van der Waals surface area contributed by atoms with Gasteiger partial charge in [0.1, 0.15) is 0 Å². The van der Waals surface area contributed by atoms with Crippen LogP contribution in [0.5, 0.6) is 0 Å². The number of rotatable bonds is 2. The summed E-state index contributed by atoms with van der Waals surface area (Å²) in [6.45, 7) is 20.3. The summed E-state index contributed by atoms with van der Waals surface area (Å²) in [7, 11) is 0. The third-order valence-electron chi connectivity index (χ3n) is 4.57. The van der Waals surface area contributed by atoms with Crippen LogP contribution in [-0.4, -0.2) is 9.97 Å². The van der Waals surface area contributed by atoms with Crippen molar-refractivity contribution in [2.75, 3.05) is 0 Å². The smallest absolute Gasteiger partial charge is 0.0494 e. The highest BCUT2D eigenvalue weighted by Crippen LogP contribution is 2.34. The first kappa shape index (κ1) is 19.6. The molecule has 136 valence electrons. The Labute approximate surface area is 154 Å². The first-order valence-corrected chi connectivity index (χ1v) is 9.23. The van der Waals surface area contributed by atoms with Crippen LogP contribution in [0.25, 0.3) is 0 Å². The van der Waals surface area contributed by atoms with E-state index in [4.69, 9.17) is 4.98 Å². The van der Waals surface area contributed by atoms with Crippen LogP contribution in [0.15, 0.2) is 30.7 Å².